The van der Waals surface area contributed by atoms with Gasteiger partial charge in [-0.05, 0) is 18.9 Å². The average Bonchev–Trinajstić information content (AvgIpc) is 3.28. The van der Waals surface area contributed by atoms with Crippen molar-refractivity contribution in [1.82, 2.24) is 19.9 Å². The lowest BCUT2D eigenvalue weighted by atomic mass is 10.1. The van der Waals surface area contributed by atoms with Crippen molar-refractivity contribution < 1.29 is 9.59 Å². The molecule has 0 atom stereocenters. The third-order valence-electron chi connectivity index (χ3n) is 4.39. The largest absolute Gasteiger partial charge is 0.363 e. The number of hydrogen-bond acceptors (Lipinski definition) is 5. The van der Waals surface area contributed by atoms with Crippen LogP contribution in [0.25, 0.3) is 11.0 Å². The van der Waals surface area contributed by atoms with Crippen LogP contribution in [0.1, 0.15) is 23.2 Å². The molecule has 118 valence electrons. The average molecular weight is 311 g/mol. The van der Waals surface area contributed by atoms with Crippen LogP contribution in [0.2, 0.25) is 0 Å². The van der Waals surface area contributed by atoms with E-state index >= 15 is 0 Å². The summed E-state index contributed by atoms with van der Waals surface area (Å²) in [5.41, 5.74) is 1.31. The first-order valence-electron chi connectivity index (χ1n) is 7.71. The number of nitrogens with zero attached hydrogens (tertiary/aromatic N) is 3. The molecule has 0 aromatic carbocycles. The Morgan fingerprint density at radius 1 is 1.35 bits per heavy atom. The summed E-state index contributed by atoms with van der Waals surface area (Å²) in [6.45, 7) is 4.69. The van der Waals surface area contributed by atoms with Crippen molar-refractivity contribution in [2.75, 3.05) is 18.4 Å². The molecule has 2 fully saturated rings. The zero-order chi connectivity index (χ0) is 16.0. The topological polar surface area (TPSA) is 91.0 Å². The summed E-state index contributed by atoms with van der Waals surface area (Å²) in [6, 6.07) is 0.121. The van der Waals surface area contributed by atoms with Crippen molar-refractivity contribution in [1.29, 1.82) is 0 Å². The summed E-state index contributed by atoms with van der Waals surface area (Å²) < 4.78 is 0. The maximum atomic E-state index is 12.4. The van der Waals surface area contributed by atoms with E-state index in [0.29, 0.717) is 30.1 Å². The number of aromatic nitrogens is 3. The van der Waals surface area contributed by atoms with Crippen LogP contribution in [0.5, 0.6) is 0 Å². The number of Topliss-reactive ketones (excluding diaryl/α,β-unsaturated/α-hetero) is 1. The molecule has 3 heterocycles. The molecule has 0 bridgehead atoms. The van der Waals surface area contributed by atoms with E-state index in [2.05, 4.69) is 26.8 Å². The maximum absolute atomic E-state index is 12.4. The summed E-state index contributed by atoms with van der Waals surface area (Å²) in [5, 5.41) is 4.07. The lowest BCUT2D eigenvalue weighted by molar-refractivity contribution is -0.129. The van der Waals surface area contributed by atoms with E-state index in [0.717, 1.165) is 18.2 Å². The maximum Gasteiger partial charge on any atom is 0.246 e. The molecule has 1 amide bonds. The van der Waals surface area contributed by atoms with Crippen LogP contribution >= 0.6 is 0 Å². The predicted octanol–water partition coefficient (Wildman–Crippen LogP) is 1.36. The first kappa shape index (κ1) is 13.9. The van der Waals surface area contributed by atoms with Gasteiger partial charge in [0.25, 0.3) is 0 Å². The number of anilines is 1. The Balaban J connectivity index is 1.58. The van der Waals surface area contributed by atoms with Crippen molar-refractivity contribution in [2.24, 2.45) is 5.92 Å². The van der Waals surface area contributed by atoms with E-state index in [9.17, 15) is 9.59 Å². The lowest BCUT2D eigenvalue weighted by Gasteiger charge is -2.39. The molecule has 1 saturated carbocycles. The summed E-state index contributed by atoms with van der Waals surface area (Å²) in [5.74, 6) is 0.885. The van der Waals surface area contributed by atoms with Crippen LogP contribution < -0.4 is 5.32 Å². The Bertz CT molecular complexity index is 802. The number of rotatable bonds is 5. The number of ketones is 1. The van der Waals surface area contributed by atoms with Gasteiger partial charge in [-0.1, -0.05) is 6.58 Å². The first-order valence-corrected chi connectivity index (χ1v) is 7.71. The lowest BCUT2D eigenvalue weighted by Crippen LogP contribution is -2.56. The van der Waals surface area contributed by atoms with Crippen LogP contribution in [-0.2, 0) is 4.79 Å². The number of carbonyl (C=O) groups excluding carboxylic acids is 2. The van der Waals surface area contributed by atoms with Crippen LogP contribution in [0, 0.1) is 5.92 Å². The van der Waals surface area contributed by atoms with Gasteiger partial charge in [-0.15, -0.1) is 0 Å². The zero-order valence-corrected chi connectivity index (χ0v) is 12.6. The molecular formula is C16H17N5O2. The standard InChI is InChI=1S/C16H17N5O2/c1-2-12(22)21-6-10(7-21)20-16-13-11(14(23)9-3-4-9)5-17-15(13)18-8-19-16/h2,5,8-10H,1,3-4,6-7H2,(H2,17,18,19,20). The zero-order valence-electron chi connectivity index (χ0n) is 12.6. The van der Waals surface area contributed by atoms with E-state index in [1.54, 1.807) is 11.1 Å². The Labute approximate surface area is 132 Å². The fourth-order valence-corrected chi connectivity index (χ4v) is 2.90. The molecule has 1 aliphatic carbocycles. The smallest absolute Gasteiger partial charge is 0.246 e. The Morgan fingerprint density at radius 2 is 2.13 bits per heavy atom. The highest BCUT2D eigenvalue weighted by molar-refractivity contribution is 6.12. The summed E-state index contributed by atoms with van der Waals surface area (Å²) in [4.78, 5) is 37.2. The number of carbonyl (C=O) groups is 2. The highest BCUT2D eigenvalue weighted by atomic mass is 16.2. The molecule has 0 radical (unpaired) electrons. The van der Waals surface area contributed by atoms with Crippen molar-refractivity contribution >= 4 is 28.5 Å². The minimum absolute atomic E-state index is 0.0675. The molecule has 1 aliphatic heterocycles. The molecule has 0 unspecified atom stereocenters. The van der Waals surface area contributed by atoms with Gasteiger partial charge in [-0.3, -0.25) is 9.59 Å². The minimum atomic E-state index is -0.0675. The molecule has 0 spiro atoms. The number of nitrogens with one attached hydrogen (secondary N) is 2. The molecular weight excluding hydrogens is 294 g/mol. The highest BCUT2D eigenvalue weighted by Gasteiger charge is 2.34. The first-order chi connectivity index (χ1) is 11.2. The minimum Gasteiger partial charge on any atom is -0.363 e. The molecule has 7 nitrogen and oxygen atoms in total. The number of H-pyrrole nitrogens is 1. The van der Waals surface area contributed by atoms with E-state index in [1.165, 1.54) is 12.4 Å². The number of aromatic amines is 1. The van der Waals surface area contributed by atoms with Crippen LogP contribution in [0.3, 0.4) is 0 Å². The highest BCUT2D eigenvalue weighted by Crippen LogP contribution is 2.36. The second kappa shape index (κ2) is 5.19. The third-order valence-corrected chi connectivity index (χ3v) is 4.39. The van der Waals surface area contributed by atoms with E-state index in [1.807, 2.05) is 0 Å². The van der Waals surface area contributed by atoms with Gasteiger partial charge in [0.15, 0.2) is 5.78 Å². The predicted molar refractivity (Wildman–Crippen MR) is 85.1 cm³/mol. The van der Waals surface area contributed by atoms with E-state index in [-0.39, 0.29) is 23.7 Å². The molecule has 4 rings (SSSR count). The van der Waals surface area contributed by atoms with Crippen molar-refractivity contribution in [3.63, 3.8) is 0 Å². The molecule has 2 aliphatic rings. The van der Waals surface area contributed by atoms with Gasteiger partial charge in [0.2, 0.25) is 5.91 Å². The fraction of sp³-hybridized carbons (Fsp3) is 0.375. The van der Waals surface area contributed by atoms with Crippen LogP contribution in [0.4, 0.5) is 5.82 Å². The second-order valence-electron chi connectivity index (χ2n) is 6.08. The van der Waals surface area contributed by atoms with Gasteiger partial charge in [0, 0.05) is 30.8 Å². The normalized spacial score (nSPS) is 17.8. The number of fused-ring (bicyclic) bond motifs is 1. The molecule has 2 aromatic rings. The van der Waals surface area contributed by atoms with Crippen molar-refractivity contribution in [3.05, 3.63) is 30.7 Å². The van der Waals surface area contributed by atoms with Gasteiger partial charge in [0.05, 0.1) is 11.4 Å². The monoisotopic (exact) mass is 311 g/mol. The quantitative estimate of drug-likeness (QED) is 0.642. The summed E-state index contributed by atoms with van der Waals surface area (Å²) >= 11 is 0. The van der Waals surface area contributed by atoms with E-state index in [4.69, 9.17) is 0 Å². The fourth-order valence-electron chi connectivity index (χ4n) is 2.90. The van der Waals surface area contributed by atoms with Gasteiger partial charge in [0.1, 0.15) is 17.8 Å². The Kier molecular flexibility index (Phi) is 3.14. The third kappa shape index (κ3) is 2.38. The molecule has 2 N–H and O–H groups in total. The summed E-state index contributed by atoms with van der Waals surface area (Å²) in [7, 11) is 0. The van der Waals surface area contributed by atoms with Crippen molar-refractivity contribution in [2.45, 2.75) is 18.9 Å². The number of likely N-dealkylation sites (tertiary alicyclic amines) is 1. The second-order valence-corrected chi connectivity index (χ2v) is 6.08. The van der Waals surface area contributed by atoms with Gasteiger partial charge >= 0.3 is 0 Å². The molecule has 23 heavy (non-hydrogen) atoms. The SMILES string of the molecule is C=CC(=O)N1CC(Nc2ncnc3[nH]cc(C(=O)C4CC4)c23)C1. The van der Waals surface area contributed by atoms with Crippen LogP contribution in [-0.4, -0.2) is 50.7 Å². The Morgan fingerprint density at radius 3 is 2.83 bits per heavy atom. The Hall–Kier alpha value is -2.70. The summed E-state index contributed by atoms with van der Waals surface area (Å²) in [6.07, 6.45) is 6.43. The molecule has 1 saturated heterocycles. The van der Waals surface area contributed by atoms with Crippen molar-refractivity contribution in [3.8, 4) is 0 Å². The van der Waals surface area contributed by atoms with Gasteiger partial charge in [-0.25, -0.2) is 9.97 Å². The van der Waals surface area contributed by atoms with Gasteiger partial charge < -0.3 is 15.2 Å². The number of amides is 1. The molecule has 7 heteroatoms. The molecule has 2 aromatic heterocycles. The number of hydrogen-bond donors (Lipinski definition) is 2. The van der Waals surface area contributed by atoms with E-state index < -0.39 is 0 Å². The van der Waals surface area contributed by atoms with Gasteiger partial charge in [-0.2, -0.15) is 0 Å². The van der Waals surface area contributed by atoms with Crippen LogP contribution in [0.15, 0.2) is 25.2 Å².